The molecule has 0 saturated carbocycles. The number of benzene rings is 6. The molecule has 0 spiro atoms. The Hall–Kier alpha value is -6.19. The first-order valence-electron chi connectivity index (χ1n) is 30.1. The molecule has 88 heavy (non-hydrogen) atoms. The van der Waals surface area contributed by atoms with Gasteiger partial charge in [0, 0.05) is 18.0 Å². The summed E-state index contributed by atoms with van der Waals surface area (Å²) < 4.78 is 92.6. The zero-order valence-electron chi connectivity index (χ0n) is 50.6. The van der Waals surface area contributed by atoms with Crippen molar-refractivity contribution < 1.29 is 80.1 Å². The summed E-state index contributed by atoms with van der Waals surface area (Å²) in [5.41, 5.74) is 4.22. The first-order chi connectivity index (χ1) is 42.3. The number of halogens is 4. The number of carbonyl (C=O) groups is 2. The van der Waals surface area contributed by atoms with Crippen molar-refractivity contribution in [2.45, 2.75) is 88.6 Å². The van der Waals surface area contributed by atoms with Crippen molar-refractivity contribution in [3.63, 3.8) is 0 Å². The Morgan fingerprint density at radius 1 is 0.432 bits per heavy atom. The van der Waals surface area contributed by atoms with Gasteiger partial charge < -0.3 is 62.8 Å². The van der Waals surface area contributed by atoms with Crippen molar-refractivity contribution in [3.8, 4) is 5.75 Å². The van der Waals surface area contributed by atoms with Crippen molar-refractivity contribution in [3.05, 3.63) is 191 Å². The molecule has 6 atom stereocenters. The lowest BCUT2D eigenvalue weighted by atomic mass is 9.78. The molecule has 476 valence electrons. The van der Waals surface area contributed by atoms with Crippen LogP contribution in [0, 0.1) is 35.1 Å². The third-order valence-corrected chi connectivity index (χ3v) is 18.6. The Bertz CT molecular complexity index is 3010. The lowest BCUT2D eigenvalue weighted by Crippen LogP contribution is -2.55. The van der Waals surface area contributed by atoms with Gasteiger partial charge in [0.05, 0.1) is 109 Å². The first kappa shape index (κ1) is 69.3. The van der Waals surface area contributed by atoms with Gasteiger partial charge in [-0.1, -0.05) is 60.7 Å². The normalized spacial score (nSPS) is 17.5. The van der Waals surface area contributed by atoms with Gasteiger partial charge in [-0.25, -0.2) is 17.6 Å². The summed E-state index contributed by atoms with van der Waals surface area (Å²) in [6, 6.07) is 38.5. The molecule has 15 nitrogen and oxygen atoms in total. The predicted octanol–water partition coefficient (Wildman–Crippen LogP) is 10.8. The lowest BCUT2D eigenvalue weighted by Gasteiger charge is -2.48. The second-order valence-electron chi connectivity index (χ2n) is 23.0. The molecule has 0 bridgehead atoms. The monoisotopic (exact) mass is 1260 g/mol. The number of hydrogen-bond donors (Lipinski definition) is 4. The fourth-order valence-electron chi connectivity index (χ4n) is 10.5. The van der Waals surface area contributed by atoms with E-state index in [4.69, 9.17) is 33.2 Å². The number of carbonyl (C=O) groups excluding carboxylic acids is 2. The number of rotatable bonds is 36. The second kappa shape index (κ2) is 34.7. The molecule has 2 heterocycles. The molecule has 2 aliphatic rings. The number of aliphatic hydroxyl groups excluding tert-OH is 2. The van der Waals surface area contributed by atoms with Crippen LogP contribution in [-0.2, 0) is 38.0 Å². The van der Waals surface area contributed by atoms with Crippen LogP contribution in [-0.4, -0.2) is 134 Å². The summed E-state index contributed by atoms with van der Waals surface area (Å²) in [6.07, 6.45) is 0.788. The first-order valence-corrected chi connectivity index (χ1v) is 36.2. The van der Waals surface area contributed by atoms with Crippen LogP contribution >= 0.6 is 0 Å². The fraction of sp³-hybridized carbons (Fsp3) is 0.433. The van der Waals surface area contributed by atoms with Crippen molar-refractivity contribution >= 4 is 45.0 Å². The second-order valence-corrected chi connectivity index (χ2v) is 30.8. The summed E-state index contributed by atoms with van der Waals surface area (Å²) in [6.45, 7) is 13.7. The van der Waals surface area contributed by atoms with E-state index in [0.29, 0.717) is 140 Å². The molecule has 0 unspecified atom stereocenters. The van der Waals surface area contributed by atoms with Gasteiger partial charge in [-0.15, -0.1) is 0 Å². The number of hydrogen-bond acceptors (Lipinski definition) is 13. The molecule has 2 aliphatic heterocycles. The van der Waals surface area contributed by atoms with E-state index in [1.165, 1.54) is 48.5 Å². The Balaban J connectivity index is 0.000000283. The molecule has 2 amide bonds. The van der Waals surface area contributed by atoms with E-state index in [1.54, 1.807) is 58.3 Å². The maximum Gasteiger partial charge on any atom is 0.233 e. The summed E-state index contributed by atoms with van der Waals surface area (Å²) >= 11 is 0. The van der Waals surface area contributed by atoms with Gasteiger partial charge in [0.15, 0.2) is 8.32 Å². The third-order valence-electron chi connectivity index (χ3n) is 15.3. The molecule has 0 aromatic heterocycles. The number of amides is 2. The summed E-state index contributed by atoms with van der Waals surface area (Å²) in [5, 5.41) is 22.2. The Morgan fingerprint density at radius 2 is 0.750 bits per heavy atom. The molecular weight excluding hydrogens is 1170 g/mol. The molecule has 4 N–H and O–H groups in total. The van der Waals surface area contributed by atoms with E-state index < -0.39 is 28.8 Å². The molecular formula is C67H84F4N2O13Si2. The van der Waals surface area contributed by atoms with Gasteiger partial charge in [0.1, 0.15) is 35.6 Å². The van der Waals surface area contributed by atoms with Gasteiger partial charge >= 0.3 is 0 Å². The van der Waals surface area contributed by atoms with Crippen LogP contribution in [0.1, 0.15) is 78.6 Å². The van der Waals surface area contributed by atoms with Gasteiger partial charge in [-0.3, -0.25) is 9.59 Å². The number of anilines is 2. The lowest BCUT2D eigenvalue weighted by molar-refractivity contribution is -0.131. The minimum absolute atomic E-state index is 0.0844. The summed E-state index contributed by atoms with van der Waals surface area (Å²) in [4.78, 5) is 50.0. The highest BCUT2D eigenvalue weighted by molar-refractivity contribution is 6.83. The number of ether oxygens (including phenoxy) is 7. The summed E-state index contributed by atoms with van der Waals surface area (Å²) in [7, 11) is -4.43. The molecule has 2 saturated heterocycles. The zero-order valence-corrected chi connectivity index (χ0v) is 52.6. The average molecular weight is 1260 g/mol. The van der Waals surface area contributed by atoms with Crippen LogP contribution < -0.4 is 19.7 Å². The smallest absolute Gasteiger partial charge is 0.233 e. The molecule has 6 aromatic carbocycles. The number of nitrogens with zero attached hydrogens (tertiary/aromatic N) is 2. The fourth-order valence-corrected chi connectivity index (χ4v) is 12.4. The van der Waals surface area contributed by atoms with E-state index in [9.17, 15) is 47.0 Å². The molecule has 0 aliphatic carbocycles. The van der Waals surface area contributed by atoms with Crippen molar-refractivity contribution in [1.82, 2.24) is 0 Å². The van der Waals surface area contributed by atoms with Crippen LogP contribution in [0.3, 0.4) is 0 Å². The highest BCUT2D eigenvalue weighted by atomic mass is 28.4. The zero-order chi connectivity index (χ0) is 63.1. The van der Waals surface area contributed by atoms with E-state index in [0.717, 1.165) is 28.8 Å². The maximum absolute atomic E-state index is 13.7. The van der Waals surface area contributed by atoms with Crippen molar-refractivity contribution in [2.75, 3.05) is 95.7 Å². The van der Waals surface area contributed by atoms with Crippen LogP contribution in [0.2, 0.25) is 32.2 Å². The Labute approximate surface area is 516 Å². The van der Waals surface area contributed by atoms with Crippen LogP contribution in [0.15, 0.2) is 146 Å². The van der Waals surface area contributed by atoms with E-state index in [2.05, 4.69) is 0 Å². The van der Waals surface area contributed by atoms with Crippen LogP contribution in [0.25, 0.3) is 0 Å². The van der Waals surface area contributed by atoms with Crippen molar-refractivity contribution in [2.24, 2.45) is 11.8 Å². The van der Waals surface area contributed by atoms with Crippen molar-refractivity contribution in [1.29, 1.82) is 0 Å². The topological polar surface area (TPSA) is 186 Å². The molecule has 0 radical (unpaired) electrons. The highest BCUT2D eigenvalue weighted by Crippen LogP contribution is 2.48. The van der Waals surface area contributed by atoms with Gasteiger partial charge in [-0.2, -0.15) is 0 Å². The number of aliphatic hydroxyl groups is 2. The third kappa shape index (κ3) is 21.5. The maximum atomic E-state index is 13.7. The SMILES string of the molecule is C[Si](C)(O)CCCOCCOCCOCCOCCOCCOCCOc1ccc([C@@H]2[C@@H](CC[C@H](O)c3ccc(F)cc3)C(=O)N2c2ccc(F)cc2)cc1.C[Si](C)(O)c1ccc([C@@H]2[C@@H](CC[C@H](O)c3ccc(F)cc3)C(=O)N2c2ccc(F)cc2)cc1. The molecule has 2 fully saturated rings. The quantitative estimate of drug-likeness (QED) is 0.0126. The number of β-lactam (4-membered cyclic amide) rings is 2. The molecule has 6 aromatic rings. The minimum atomic E-state index is -2.45. The highest BCUT2D eigenvalue weighted by Gasteiger charge is 2.50. The Morgan fingerprint density at radius 3 is 1.09 bits per heavy atom. The van der Waals surface area contributed by atoms with Crippen LogP contribution in [0.4, 0.5) is 28.9 Å². The minimum Gasteiger partial charge on any atom is -0.491 e. The molecule has 8 rings (SSSR count). The van der Waals surface area contributed by atoms with E-state index in [1.807, 2.05) is 74.7 Å². The predicted molar refractivity (Wildman–Crippen MR) is 333 cm³/mol. The Kier molecular flexibility index (Phi) is 27.3. The van der Waals surface area contributed by atoms with Crippen LogP contribution in [0.5, 0.6) is 5.75 Å². The van der Waals surface area contributed by atoms with E-state index in [-0.39, 0.29) is 59.0 Å². The van der Waals surface area contributed by atoms with Gasteiger partial charge in [-0.05, 0) is 177 Å². The van der Waals surface area contributed by atoms with Gasteiger partial charge in [0.25, 0.3) is 0 Å². The largest absolute Gasteiger partial charge is 0.491 e. The standard InChI is InChI=1S/C41H57F2NO10Si.C26H27F2NO3Si/c1-55(2,47)31-3-18-48-19-20-49-21-22-50-23-24-51-25-26-52-27-28-53-29-30-54-37-14-6-33(7-15-37)40-38(16-17-39(45)32-4-8-34(42)9-5-32)41(46)44(40)36-12-10-35(43)11-13-36;1-33(2,32)22-13-5-18(6-14-22)25-23(15-16-24(30)17-3-7-19(27)8-4-17)26(31)29(25)21-11-9-20(28)10-12-21/h4-15,38-40,45,47H,3,16-31H2,1-2H3;3-14,23-25,30,32H,15-16H2,1-2H3/t38-,39+,40-;23-,24+,25-/m11/s1. The summed E-state index contributed by atoms with van der Waals surface area (Å²) in [5.74, 6) is -1.78. The van der Waals surface area contributed by atoms with Gasteiger partial charge in [0.2, 0.25) is 20.1 Å². The van der Waals surface area contributed by atoms with E-state index >= 15 is 0 Å². The average Bonchev–Trinajstić information content (AvgIpc) is 0.808. The molecule has 21 heteroatoms.